The summed E-state index contributed by atoms with van der Waals surface area (Å²) in [6.07, 6.45) is 0.0646. The molecule has 0 spiro atoms. The average molecular weight is 332 g/mol. The molecule has 2 aromatic rings. The van der Waals surface area contributed by atoms with E-state index in [1.54, 1.807) is 12.1 Å². The summed E-state index contributed by atoms with van der Waals surface area (Å²) in [7, 11) is 0. The van der Waals surface area contributed by atoms with Crippen LogP contribution in [-0.4, -0.2) is 25.7 Å². The maximum absolute atomic E-state index is 12.0. The number of urea groups is 1. The lowest BCUT2D eigenvalue weighted by Crippen LogP contribution is -2.33. The molecule has 3 rings (SSSR count). The summed E-state index contributed by atoms with van der Waals surface area (Å²) in [4.78, 5) is 12.0. The Morgan fingerprint density at radius 1 is 1.13 bits per heavy atom. The molecule has 0 aromatic heterocycles. The SMILES string of the molecule is O=C(Nc1ccc([C@H]2CNCCO2)cc1)Nc1ccccc1Cl. The third-order valence-corrected chi connectivity index (χ3v) is 3.92. The predicted molar refractivity (Wildman–Crippen MR) is 92.1 cm³/mol. The minimum atomic E-state index is -0.332. The molecule has 0 unspecified atom stereocenters. The van der Waals surface area contributed by atoms with Gasteiger partial charge in [-0.25, -0.2) is 4.79 Å². The molecule has 5 nitrogen and oxygen atoms in total. The van der Waals surface area contributed by atoms with Gasteiger partial charge in [0.15, 0.2) is 0 Å². The second kappa shape index (κ2) is 7.46. The van der Waals surface area contributed by atoms with Gasteiger partial charge in [-0.15, -0.1) is 0 Å². The molecule has 2 aromatic carbocycles. The Morgan fingerprint density at radius 3 is 2.61 bits per heavy atom. The average Bonchev–Trinajstić information content (AvgIpc) is 2.58. The number of nitrogens with one attached hydrogen (secondary N) is 3. The van der Waals surface area contributed by atoms with Gasteiger partial charge in [0.2, 0.25) is 0 Å². The first-order valence-electron chi connectivity index (χ1n) is 7.47. The summed E-state index contributed by atoms with van der Waals surface area (Å²) in [5, 5.41) is 9.30. The van der Waals surface area contributed by atoms with Crippen molar-refractivity contribution in [1.29, 1.82) is 0 Å². The second-order valence-electron chi connectivity index (χ2n) is 5.24. The first-order valence-corrected chi connectivity index (χ1v) is 7.85. The molecule has 1 aliphatic rings. The van der Waals surface area contributed by atoms with Gasteiger partial charge in [-0.2, -0.15) is 0 Å². The van der Waals surface area contributed by atoms with E-state index in [1.165, 1.54) is 0 Å². The monoisotopic (exact) mass is 331 g/mol. The van der Waals surface area contributed by atoms with Crippen LogP contribution in [0.4, 0.5) is 16.2 Å². The highest BCUT2D eigenvalue weighted by molar-refractivity contribution is 6.33. The van der Waals surface area contributed by atoms with Crippen LogP contribution in [0.15, 0.2) is 48.5 Å². The van der Waals surface area contributed by atoms with Crippen LogP contribution >= 0.6 is 11.6 Å². The van der Waals surface area contributed by atoms with E-state index in [9.17, 15) is 4.79 Å². The number of benzene rings is 2. The lowest BCUT2D eigenvalue weighted by Gasteiger charge is -2.24. The van der Waals surface area contributed by atoms with E-state index in [1.807, 2.05) is 36.4 Å². The van der Waals surface area contributed by atoms with Gasteiger partial charge in [0.1, 0.15) is 0 Å². The predicted octanol–water partition coefficient (Wildman–Crippen LogP) is 3.64. The van der Waals surface area contributed by atoms with E-state index in [0.717, 1.165) is 18.7 Å². The summed E-state index contributed by atoms with van der Waals surface area (Å²) in [5.74, 6) is 0. The van der Waals surface area contributed by atoms with Gasteiger partial charge in [0.25, 0.3) is 0 Å². The lowest BCUT2D eigenvalue weighted by atomic mass is 10.1. The van der Waals surface area contributed by atoms with Crippen LogP contribution in [-0.2, 0) is 4.74 Å². The first kappa shape index (κ1) is 15.8. The Labute approximate surface area is 140 Å². The normalized spacial score (nSPS) is 17.5. The first-order chi connectivity index (χ1) is 11.2. The standard InChI is InChI=1S/C17H18ClN3O2/c18-14-3-1-2-4-15(14)21-17(22)20-13-7-5-12(6-8-13)16-11-19-9-10-23-16/h1-8,16,19H,9-11H2,(H2,20,21,22)/t16-/m1/s1. The topological polar surface area (TPSA) is 62.4 Å². The molecule has 6 heteroatoms. The van der Waals surface area contributed by atoms with E-state index in [0.29, 0.717) is 23.0 Å². The van der Waals surface area contributed by atoms with Crippen LogP contribution in [0.25, 0.3) is 0 Å². The summed E-state index contributed by atoms with van der Waals surface area (Å²) in [5.41, 5.74) is 2.38. The van der Waals surface area contributed by atoms with Gasteiger partial charge < -0.3 is 20.7 Å². The number of amides is 2. The van der Waals surface area contributed by atoms with Crippen molar-refractivity contribution in [2.24, 2.45) is 0 Å². The van der Waals surface area contributed by atoms with Gasteiger partial charge in [0.05, 0.1) is 23.4 Å². The summed E-state index contributed by atoms with van der Waals surface area (Å²) in [6, 6.07) is 14.4. The maximum atomic E-state index is 12.0. The Balaban J connectivity index is 1.59. The number of halogens is 1. The maximum Gasteiger partial charge on any atom is 0.323 e. The summed E-state index contributed by atoms with van der Waals surface area (Å²) in [6.45, 7) is 2.41. The number of ether oxygens (including phenoxy) is 1. The molecule has 23 heavy (non-hydrogen) atoms. The Bertz CT molecular complexity index is 670. The van der Waals surface area contributed by atoms with Crippen LogP contribution in [0.1, 0.15) is 11.7 Å². The smallest absolute Gasteiger partial charge is 0.323 e. The number of hydrogen-bond acceptors (Lipinski definition) is 3. The molecule has 3 N–H and O–H groups in total. The Hall–Kier alpha value is -2.08. The molecule has 1 heterocycles. The number of rotatable bonds is 3. The van der Waals surface area contributed by atoms with Gasteiger partial charge in [-0.05, 0) is 29.8 Å². The third-order valence-electron chi connectivity index (χ3n) is 3.59. The van der Waals surface area contributed by atoms with Crippen molar-refractivity contribution in [3.8, 4) is 0 Å². The fourth-order valence-corrected chi connectivity index (χ4v) is 2.59. The van der Waals surface area contributed by atoms with Crippen molar-refractivity contribution in [2.45, 2.75) is 6.10 Å². The number of hydrogen-bond donors (Lipinski definition) is 3. The third kappa shape index (κ3) is 4.22. The minimum Gasteiger partial charge on any atom is -0.371 e. The molecule has 2 amide bonds. The van der Waals surface area contributed by atoms with Crippen molar-refractivity contribution in [3.05, 3.63) is 59.1 Å². The molecule has 1 aliphatic heterocycles. The fourth-order valence-electron chi connectivity index (χ4n) is 2.41. The van der Waals surface area contributed by atoms with E-state index in [2.05, 4.69) is 16.0 Å². The van der Waals surface area contributed by atoms with Gasteiger partial charge in [-0.1, -0.05) is 35.9 Å². The van der Waals surface area contributed by atoms with E-state index in [4.69, 9.17) is 16.3 Å². The van der Waals surface area contributed by atoms with Crippen LogP contribution in [0, 0.1) is 0 Å². The molecule has 1 saturated heterocycles. The number of morpholine rings is 1. The zero-order valence-corrected chi connectivity index (χ0v) is 13.3. The van der Waals surface area contributed by atoms with Crippen molar-refractivity contribution >= 4 is 29.0 Å². The number of para-hydroxylation sites is 1. The fraction of sp³-hybridized carbons (Fsp3) is 0.235. The largest absolute Gasteiger partial charge is 0.371 e. The zero-order valence-electron chi connectivity index (χ0n) is 12.5. The second-order valence-corrected chi connectivity index (χ2v) is 5.65. The van der Waals surface area contributed by atoms with Gasteiger partial charge in [0, 0.05) is 18.8 Å². The molecule has 120 valence electrons. The summed E-state index contributed by atoms with van der Waals surface area (Å²) >= 11 is 6.02. The molecule has 0 radical (unpaired) electrons. The number of carbonyl (C=O) groups excluding carboxylic acids is 1. The van der Waals surface area contributed by atoms with E-state index >= 15 is 0 Å². The summed E-state index contributed by atoms with van der Waals surface area (Å²) < 4.78 is 5.70. The highest BCUT2D eigenvalue weighted by Crippen LogP contribution is 2.22. The molecule has 0 aliphatic carbocycles. The van der Waals surface area contributed by atoms with Crippen LogP contribution in [0.2, 0.25) is 5.02 Å². The van der Waals surface area contributed by atoms with Gasteiger partial charge >= 0.3 is 6.03 Å². The van der Waals surface area contributed by atoms with Crippen LogP contribution in [0.5, 0.6) is 0 Å². The van der Waals surface area contributed by atoms with E-state index < -0.39 is 0 Å². The Kier molecular flexibility index (Phi) is 5.12. The highest BCUT2D eigenvalue weighted by atomic mass is 35.5. The molecular formula is C17H18ClN3O2. The molecule has 1 fully saturated rings. The van der Waals surface area contributed by atoms with Gasteiger partial charge in [-0.3, -0.25) is 0 Å². The molecule has 0 bridgehead atoms. The molecule has 0 saturated carbocycles. The highest BCUT2D eigenvalue weighted by Gasteiger charge is 2.15. The van der Waals surface area contributed by atoms with E-state index in [-0.39, 0.29) is 12.1 Å². The quantitative estimate of drug-likeness (QED) is 0.804. The Morgan fingerprint density at radius 2 is 1.91 bits per heavy atom. The number of carbonyl (C=O) groups is 1. The lowest BCUT2D eigenvalue weighted by molar-refractivity contribution is 0.0277. The zero-order chi connectivity index (χ0) is 16.1. The molecule has 1 atom stereocenters. The minimum absolute atomic E-state index is 0.0646. The van der Waals surface area contributed by atoms with Crippen molar-refractivity contribution in [2.75, 3.05) is 30.3 Å². The van der Waals surface area contributed by atoms with Crippen LogP contribution < -0.4 is 16.0 Å². The van der Waals surface area contributed by atoms with Crippen LogP contribution in [0.3, 0.4) is 0 Å². The van der Waals surface area contributed by atoms with Crippen molar-refractivity contribution in [3.63, 3.8) is 0 Å². The van der Waals surface area contributed by atoms with Crippen molar-refractivity contribution in [1.82, 2.24) is 5.32 Å². The molecular weight excluding hydrogens is 314 g/mol. The van der Waals surface area contributed by atoms with Crippen molar-refractivity contribution < 1.29 is 9.53 Å². The number of anilines is 2.